The molecule has 0 spiro atoms. The van der Waals surface area contributed by atoms with E-state index in [0.717, 1.165) is 0 Å². The molecule has 1 atom stereocenters. The molecule has 1 aromatic heterocycles. The van der Waals surface area contributed by atoms with Gasteiger partial charge in [0, 0.05) is 0 Å². The number of carbonyl (C=O) groups excluding carboxylic acids is 3. The molecule has 0 bridgehead atoms. The predicted octanol–water partition coefficient (Wildman–Crippen LogP) is 2.37. The number of nitrogens with zero attached hydrogens (tertiary/aromatic N) is 2. The highest BCUT2D eigenvalue weighted by molar-refractivity contribution is 7.07. The third-order valence-electron chi connectivity index (χ3n) is 5.79. The Balaban J connectivity index is 1.86. The molecule has 0 fully saturated rings. The SMILES string of the molecule is CCOC(=O)C1=C(C)N=c2sc(=Cc3ccc(C(=O)OC)cc3)c(=O)n2C1c1ccc(C(=O)OC)cc1. The lowest BCUT2D eigenvalue weighted by Gasteiger charge is -2.24. The summed E-state index contributed by atoms with van der Waals surface area (Å²) in [6, 6.07) is 12.4. The van der Waals surface area contributed by atoms with Crippen molar-refractivity contribution in [3.63, 3.8) is 0 Å². The summed E-state index contributed by atoms with van der Waals surface area (Å²) in [4.78, 5) is 55.2. The van der Waals surface area contributed by atoms with E-state index in [0.29, 0.717) is 37.3 Å². The van der Waals surface area contributed by atoms with E-state index >= 15 is 0 Å². The number of allylic oxidation sites excluding steroid dienone is 1. The lowest BCUT2D eigenvalue weighted by molar-refractivity contribution is -0.139. The first-order chi connectivity index (χ1) is 17.8. The van der Waals surface area contributed by atoms with Crippen LogP contribution in [-0.4, -0.2) is 43.3 Å². The number of thiazole rings is 1. The predicted molar refractivity (Wildman–Crippen MR) is 136 cm³/mol. The molecule has 0 saturated heterocycles. The maximum absolute atomic E-state index is 13.6. The van der Waals surface area contributed by atoms with Crippen LogP contribution in [0.4, 0.5) is 0 Å². The van der Waals surface area contributed by atoms with Crippen molar-refractivity contribution in [2.24, 2.45) is 4.99 Å². The first-order valence-electron chi connectivity index (χ1n) is 11.3. The van der Waals surface area contributed by atoms with Gasteiger partial charge in [-0.05, 0) is 55.3 Å². The van der Waals surface area contributed by atoms with Crippen molar-refractivity contribution in [2.45, 2.75) is 19.9 Å². The van der Waals surface area contributed by atoms with Gasteiger partial charge in [0.1, 0.15) is 0 Å². The molecule has 9 nitrogen and oxygen atoms in total. The number of carbonyl (C=O) groups is 3. The van der Waals surface area contributed by atoms with Crippen molar-refractivity contribution < 1.29 is 28.6 Å². The van der Waals surface area contributed by atoms with Crippen LogP contribution >= 0.6 is 11.3 Å². The molecule has 4 rings (SSSR count). The molecule has 2 heterocycles. The van der Waals surface area contributed by atoms with Gasteiger partial charge in [-0.3, -0.25) is 9.36 Å². The smallest absolute Gasteiger partial charge is 0.338 e. The first kappa shape index (κ1) is 25.8. The summed E-state index contributed by atoms with van der Waals surface area (Å²) in [5, 5.41) is 0. The molecule has 3 aromatic rings. The molecule has 1 aliphatic rings. The van der Waals surface area contributed by atoms with Crippen LogP contribution in [0, 0.1) is 0 Å². The number of hydrogen-bond acceptors (Lipinski definition) is 9. The zero-order valence-electron chi connectivity index (χ0n) is 20.6. The summed E-state index contributed by atoms with van der Waals surface area (Å²) in [6.07, 6.45) is 1.70. The highest BCUT2D eigenvalue weighted by atomic mass is 32.1. The first-order valence-corrected chi connectivity index (χ1v) is 12.2. The summed E-state index contributed by atoms with van der Waals surface area (Å²) in [5.41, 5.74) is 2.40. The topological polar surface area (TPSA) is 113 Å². The molecule has 0 aliphatic carbocycles. The Morgan fingerprint density at radius 3 is 2.05 bits per heavy atom. The molecule has 0 saturated carbocycles. The van der Waals surface area contributed by atoms with Crippen LogP contribution in [0.5, 0.6) is 0 Å². The Morgan fingerprint density at radius 2 is 1.51 bits per heavy atom. The zero-order valence-corrected chi connectivity index (χ0v) is 21.5. The standard InChI is InChI=1S/C27H24N2O7S/c1-5-36-26(33)21-15(2)28-27-29(22(21)17-10-12-19(13-11-17)25(32)35-4)23(30)20(37-27)14-16-6-8-18(9-7-16)24(31)34-3/h6-14,22H,5H2,1-4H3. The van der Waals surface area contributed by atoms with Crippen molar-refractivity contribution in [3.05, 3.63) is 102 Å². The number of benzene rings is 2. The lowest BCUT2D eigenvalue weighted by atomic mass is 9.95. The Morgan fingerprint density at radius 1 is 0.946 bits per heavy atom. The zero-order chi connectivity index (χ0) is 26.7. The number of rotatable bonds is 6. The van der Waals surface area contributed by atoms with Gasteiger partial charge in [-0.2, -0.15) is 0 Å². The Bertz CT molecular complexity index is 1580. The number of methoxy groups -OCH3 is 2. The Labute approximate surface area is 215 Å². The molecule has 0 N–H and O–H groups in total. The number of fused-ring (bicyclic) bond motifs is 1. The average Bonchev–Trinajstić information content (AvgIpc) is 3.21. The van der Waals surface area contributed by atoms with Gasteiger partial charge in [0.15, 0.2) is 4.80 Å². The Hall–Kier alpha value is -4.31. The van der Waals surface area contributed by atoms with Crippen LogP contribution in [0.15, 0.2) is 69.6 Å². The van der Waals surface area contributed by atoms with Crippen LogP contribution in [-0.2, 0) is 19.0 Å². The summed E-state index contributed by atoms with van der Waals surface area (Å²) in [6.45, 7) is 3.56. The van der Waals surface area contributed by atoms with E-state index < -0.39 is 23.9 Å². The lowest BCUT2D eigenvalue weighted by Crippen LogP contribution is -2.40. The van der Waals surface area contributed by atoms with Gasteiger partial charge in [-0.15, -0.1) is 0 Å². The van der Waals surface area contributed by atoms with E-state index in [2.05, 4.69) is 4.99 Å². The van der Waals surface area contributed by atoms with E-state index in [1.165, 1.54) is 30.1 Å². The fourth-order valence-corrected chi connectivity index (χ4v) is 5.06. The monoisotopic (exact) mass is 520 g/mol. The molecular weight excluding hydrogens is 496 g/mol. The third-order valence-corrected chi connectivity index (χ3v) is 6.78. The highest BCUT2D eigenvalue weighted by Gasteiger charge is 2.33. The maximum Gasteiger partial charge on any atom is 0.338 e. The summed E-state index contributed by atoms with van der Waals surface area (Å²) >= 11 is 1.19. The van der Waals surface area contributed by atoms with Gasteiger partial charge in [-0.25, -0.2) is 19.4 Å². The largest absolute Gasteiger partial charge is 0.465 e. The van der Waals surface area contributed by atoms with Crippen LogP contribution in [0.2, 0.25) is 0 Å². The second kappa shape index (κ2) is 10.8. The molecule has 2 aromatic carbocycles. The number of hydrogen-bond donors (Lipinski definition) is 0. The molecule has 0 amide bonds. The van der Waals surface area contributed by atoms with Gasteiger partial charge in [0.05, 0.1) is 53.8 Å². The second-order valence-corrected chi connectivity index (χ2v) is 9.04. The molecule has 0 radical (unpaired) electrons. The van der Waals surface area contributed by atoms with E-state index in [9.17, 15) is 19.2 Å². The summed E-state index contributed by atoms with van der Waals surface area (Å²) in [7, 11) is 2.60. The van der Waals surface area contributed by atoms with Gasteiger partial charge in [0.2, 0.25) is 0 Å². The van der Waals surface area contributed by atoms with Gasteiger partial charge >= 0.3 is 17.9 Å². The molecule has 1 unspecified atom stereocenters. The molecule has 10 heteroatoms. The van der Waals surface area contributed by atoms with E-state index in [4.69, 9.17) is 14.2 Å². The summed E-state index contributed by atoms with van der Waals surface area (Å²) < 4.78 is 16.7. The maximum atomic E-state index is 13.6. The minimum Gasteiger partial charge on any atom is -0.465 e. The normalized spacial score (nSPS) is 15.0. The van der Waals surface area contributed by atoms with Gasteiger partial charge in [-0.1, -0.05) is 35.6 Å². The van der Waals surface area contributed by atoms with Crippen molar-refractivity contribution in [3.8, 4) is 0 Å². The number of esters is 3. The fourth-order valence-electron chi connectivity index (χ4n) is 4.01. The van der Waals surface area contributed by atoms with Crippen LogP contribution in [0.25, 0.3) is 6.08 Å². The van der Waals surface area contributed by atoms with E-state index in [1.807, 2.05) is 0 Å². The van der Waals surface area contributed by atoms with Crippen LogP contribution < -0.4 is 14.9 Å². The number of aromatic nitrogens is 1. The molecular formula is C27H24N2O7S. The minimum atomic E-state index is -0.800. The number of ether oxygens (including phenoxy) is 3. The van der Waals surface area contributed by atoms with Crippen molar-refractivity contribution in [1.82, 2.24) is 4.57 Å². The minimum absolute atomic E-state index is 0.162. The molecule has 190 valence electrons. The second-order valence-electron chi connectivity index (χ2n) is 8.03. The van der Waals surface area contributed by atoms with Gasteiger partial charge < -0.3 is 14.2 Å². The van der Waals surface area contributed by atoms with E-state index in [1.54, 1.807) is 68.5 Å². The average molecular weight is 521 g/mol. The van der Waals surface area contributed by atoms with Crippen molar-refractivity contribution >= 4 is 35.3 Å². The van der Waals surface area contributed by atoms with Crippen LogP contribution in [0.1, 0.15) is 51.7 Å². The van der Waals surface area contributed by atoms with E-state index in [-0.39, 0.29) is 17.7 Å². The van der Waals surface area contributed by atoms with Crippen LogP contribution in [0.3, 0.4) is 0 Å². The fraction of sp³-hybridized carbons (Fsp3) is 0.222. The third kappa shape index (κ3) is 5.01. The quantitative estimate of drug-likeness (QED) is 0.362. The van der Waals surface area contributed by atoms with Crippen molar-refractivity contribution in [2.75, 3.05) is 20.8 Å². The van der Waals surface area contributed by atoms with Gasteiger partial charge in [0.25, 0.3) is 5.56 Å². The molecule has 37 heavy (non-hydrogen) atoms. The highest BCUT2D eigenvalue weighted by Crippen LogP contribution is 2.31. The Kier molecular flexibility index (Phi) is 7.49. The summed E-state index contributed by atoms with van der Waals surface area (Å²) in [5.74, 6) is -1.52. The van der Waals surface area contributed by atoms with Crippen molar-refractivity contribution in [1.29, 1.82) is 0 Å². The molecule has 1 aliphatic heterocycles.